The molecule has 1 fully saturated rings. The monoisotopic (exact) mass is 218 g/mol. The molecule has 1 aliphatic rings. The zero-order valence-electron chi connectivity index (χ0n) is 9.14. The lowest BCUT2D eigenvalue weighted by Crippen LogP contribution is -1.97. The van der Waals surface area contributed by atoms with Crippen LogP contribution >= 0.6 is 0 Å². The zero-order valence-corrected chi connectivity index (χ0v) is 9.14. The summed E-state index contributed by atoms with van der Waals surface area (Å²) in [5.41, 5.74) is 8.04. The Labute approximate surface area is 93.4 Å². The van der Waals surface area contributed by atoms with Gasteiger partial charge in [-0.2, -0.15) is 0 Å². The third kappa shape index (κ3) is 1.55. The van der Waals surface area contributed by atoms with Crippen LogP contribution < -0.4 is 5.73 Å². The first-order valence-electron chi connectivity index (χ1n) is 5.50. The summed E-state index contributed by atoms with van der Waals surface area (Å²) in [5, 5.41) is 0. The number of benzene rings is 1. The lowest BCUT2D eigenvalue weighted by atomic mass is 10.1. The summed E-state index contributed by atoms with van der Waals surface area (Å²) in [4.78, 5) is 4.46. The molecule has 0 saturated carbocycles. The number of rotatable bonds is 1. The largest absolute Gasteiger partial charge is 0.440 e. The summed E-state index contributed by atoms with van der Waals surface area (Å²) < 4.78 is 11.2. The average molecular weight is 218 g/mol. The van der Waals surface area contributed by atoms with Gasteiger partial charge in [0.2, 0.25) is 5.89 Å². The van der Waals surface area contributed by atoms with Crippen molar-refractivity contribution in [3.63, 3.8) is 0 Å². The van der Waals surface area contributed by atoms with Crippen molar-refractivity contribution in [2.24, 2.45) is 0 Å². The smallest absolute Gasteiger partial charge is 0.201 e. The van der Waals surface area contributed by atoms with Crippen molar-refractivity contribution in [3.05, 3.63) is 24.1 Å². The molecule has 0 radical (unpaired) electrons. The van der Waals surface area contributed by atoms with Crippen LogP contribution in [-0.2, 0) is 4.74 Å². The summed E-state index contributed by atoms with van der Waals surface area (Å²) in [7, 11) is 0. The molecule has 1 aromatic heterocycles. The highest BCUT2D eigenvalue weighted by Gasteiger charge is 2.27. The second-order valence-corrected chi connectivity index (χ2v) is 4.36. The van der Waals surface area contributed by atoms with E-state index < -0.39 is 0 Å². The van der Waals surface area contributed by atoms with Gasteiger partial charge in [0.05, 0.1) is 18.6 Å². The molecule has 1 aromatic carbocycles. The van der Waals surface area contributed by atoms with Gasteiger partial charge >= 0.3 is 0 Å². The number of fused-ring (bicyclic) bond motifs is 1. The predicted molar refractivity (Wildman–Crippen MR) is 61.2 cm³/mol. The molecule has 0 bridgehead atoms. The molecule has 4 heteroatoms. The lowest BCUT2D eigenvalue weighted by Gasteiger charge is -1.99. The van der Waals surface area contributed by atoms with E-state index in [1.807, 2.05) is 18.2 Å². The fraction of sp³-hybridized carbons (Fsp3) is 0.417. The molecule has 84 valence electrons. The van der Waals surface area contributed by atoms with Crippen LogP contribution in [0.25, 0.3) is 11.1 Å². The molecule has 4 nitrogen and oxygen atoms in total. The molecule has 2 heterocycles. The molecular weight excluding hydrogens is 204 g/mol. The highest BCUT2D eigenvalue weighted by Crippen LogP contribution is 2.31. The number of nitrogens with two attached hydrogens (primary N) is 1. The Hall–Kier alpha value is -1.55. The van der Waals surface area contributed by atoms with E-state index in [0.29, 0.717) is 18.4 Å². The van der Waals surface area contributed by atoms with Gasteiger partial charge in [0.1, 0.15) is 5.52 Å². The fourth-order valence-corrected chi connectivity index (χ4v) is 2.13. The lowest BCUT2D eigenvalue weighted by molar-refractivity contribution is 0.122. The van der Waals surface area contributed by atoms with Crippen LogP contribution in [0.5, 0.6) is 0 Å². The van der Waals surface area contributed by atoms with Crippen molar-refractivity contribution >= 4 is 16.8 Å². The Bertz CT molecular complexity index is 521. The number of ether oxygens (including phenoxy) is 1. The molecule has 0 amide bonds. The van der Waals surface area contributed by atoms with Gasteiger partial charge in [-0.1, -0.05) is 0 Å². The summed E-state index contributed by atoms with van der Waals surface area (Å²) in [6.45, 7) is 2.77. The minimum atomic E-state index is 0.281. The van der Waals surface area contributed by atoms with Gasteiger partial charge < -0.3 is 14.9 Å². The van der Waals surface area contributed by atoms with Crippen molar-refractivity contribution < 1.29 is 9.15 Å². The number of aromatic nitrogens is 1. The molecule has 2 aromatic rings. The predicted octanol–water partition coefficient (Wildman–Crippen LogP) is 2.30. The van der Waals surface area contributed by atoms with Crippen LogP contribution in [0.1, 0.15) is 25.2 Å². The van der Waals surface area contributed by atoms with Crippen LogP contribution in [0.3, 0.4) is 0 Å². The molecule has 2 unspecified atom stereocenters. The third-order valence-electron chi connectivity index (χ3n) is 2.98. The fourth-order valence-electron chi connectivity index (χ4n) is 2.13. The second-order valence-electron chi connectivity index (χ2n) is 4.36. The van der Waals surface area contributed by atoms with Gasteiger partial charge in [0, 0.05) is 5.69 Å². The average Bonchev–Trinajstić information content (AvgIpc) is 2.83. The second kappa shape index (κ2) is 3.49. The Kier molecular flexibility index (Phi) is 2.11. The van der Waals surface area contributed by atoms with E-state index in [1.165, 1.54) is 0 Å². The first kappa shape index (κ1) is 9.66. The Morgan fingerprint density at radius 3 is 3.06 bits per heavy atom. The molecule has 16 heavy (non-hydrogen) atoms. The van der Waals surface area contributed by atoms with Gasteiger partial charge in [-0.25, -0.2) is 4.98 Å². The van der Waals surface area contributed by atoms with Gasteiger partial charge in [-0.3, -0.25) is 0 Å². The van der Waals surface area contributed by atoms with Gasteiger partial charge in [0.25, 0.3) is 0 Å². The van der Waals surface area contributed by atoms with Crippen molar-refractivity contribution in [2.45, 2.75) is 25.4 Å². The molecule has 0 aliphatic carbocycles. The number of hydrogen-bond acceptors (Lipinski definition) is 4. The molecule has 0 spiro atoms. The highest BCUT2D eigenvalue weighted by molar-refractivity contribution is 5.76. The van der Waals surface area contributed by atoms with E-state index in [2.05, 4.69) is 11.9 Å². The van der Waals surface area contributed by atoms with E-state index >= 15 is 0 Å². The van der Waals surface area contributed by atoms with Crippen molar-refractivity contribution in [2.75, 3.05) is 12.3 Å². The molecular formula is C12H14N2O2. The van der Waals surface area contributed by atoms with Gasteiger partial charge in [0.15, 0.2) is 5.58 Å². The molecule has 1 saturated heterocycles. The van der Waals surface area contributed by atoms with E-state index in [0.717, 1.165) is 23.4 Å². The van der Waals surface area contributed by atoms with Gasteiger partial charge in [-0.05, 0) is 31.5 Å². The van der Waals surface area contributed by atoms with Crippen LogP contribution in [0, 0.1) is 0 Å². The highest BCUT2D eigenvalue weighted by atomic mass is 16.5. The van der Waals surface area contributed by atoms with Crippen LogP contribution in [0.2, 0.25) is 0 Å². The normalized spacial score (nSPS) is 25.3. The maximum Gasteiger partial charge on any atom is 0.201 e. The number of oxazole rings is 1. The summed E-state index contributed by atoms with van der Waals surface area (Å²) in [6, 6.07) is 5.52. The number of anilines is 1. The quantitative estimate of drug-likeness (QED) is 0.746. The Morgan fingerprint density at radius 2 is 2.31 bits per heavy atom. The topological polar surface area (TPSA) is 61.3 Å². The number of hydrogen-bond donors (Lipinski definition) is 1. The maximum absolute atomic E-state index is 5.71. The maximum atomic E-state index is 5.71. The molecule has 2 N–H and O–H groups in total. The number of nitrogen functional groups attached to an aromatic ring is 1. The third-order valence-corrected chi connectivity index (χ3v) is 2.98. The SMILES string of the molecule is CC1CC(c2nc3cc(N)ccc3o2)CO1. The summed E-state index contributed by atoms with van der Waals surface area (Å²) in [5.74, 6) is 1.05. The minimum absolute atomic E-state index is 0.281. The Morgan fingerprint density at radius 1 is 1.44 bits per heavy atom. The molecule has 2 atom stereocenters. The van der Waals surface area contributed by atoms with E-state index in [1.54, 1.807) is 0 Å². The van der Waals surface area contributed by atoms with Crippen molar-refractivity contribution in [1.29, 1.82) is 0 Å². The minimum Gasteiger partial charge on any atom is -0.440 e. The zero-order chi connectivity index (χ0) is 11.1. The van der Waals surface area contributed by atoms with Gasteiger partial charge in [-0.15, -0.1) is 0 Å². The van der Waals surface area contributed by atoms with E-state index in [4.69, 9.17) is 14.9 Å². The van der Waals surface area contributed by atoms with Crippen molar-refractivity contribution in [1.82, 2.24) is 4.98 Å². The van der Waals surface area contributed by atoms with Crippen LogP contribution in [-0.4, -0.2) is 17.7 Å². The summed E-state index contributed by atoms with van der Waals surface area (Å²) >= 11 is 0. The van der Waals surface area contributed by atoms with E-state index in [-0.39, 0.29) is 5.92 Å². The summed E-state index contributed by atoms with van der Waals surface area (Å²) in [6.07, 6.45) is 1.27. The Balaban J connectivity index is 1.99. The first-order valence-corrected chi connectivity index (χ1v) is 5.50. The standard InChI is InChI=1S/C12H14N2O2/c1-7-4-8(6-15-7)12-14-10-5-9(13)2-3-11(10)16-12/h2-3,5,7-8H,4,6,13H2,1H3. The molecule has 1 aliphatic heterocycles. The van der Waals surface area contributed by atoms with Crippen LogP contribution in [0.15, 0.2) is 22.6 Å². The first-order chi connectivity index (χ1) is 7.72. The number of nitrogens with zero attached hydrogens (tertiary/aromatic N) is 1. The van der Waals surface area contributed by atoms with E-state index in [9.17, 15) is 0 Å². The molecule has 3 rings (SSSR count). The van der Waals surface area contributed by atoms with Crippen molar-refractivity contribution in [3.8, 4) is 0 Å². The van der Waals surface area contributed by atoms with Crippen LogP contribution in [0.4, 0.5) is 5.69 Å².